The molecule has 0 atom stereocenters. The van der Waals surface area contributed by atoms with Crippen LogP contribution in [0, 0.1) is 12.8 Å². The van der Waals surface area contributed by atoms with Gasteiger partial charge in [-0.1, -0.05) is 12.5 Å². The van der Waals surface area contributed by atoms with E-state index in [1.165, 1.54) is 32.4 Å². The van der Waals surface area contributed by atoms with Crippen LogP contribution in [0.25, 0.3) is 10.9 Å². The zero-order chi connectivity index (χ0) is 24.2. The molecule has 2 aliphatic rings. The topological polar surface area (TPSA) is 72.5 Å². The molecule has 7 nitrogen and oxygen atoms in total. The summed E-state index contributed by atoms with van der Waals surface area (Å²) in [7, 11) is 0. The van der Waals surface area contributed by atoms with Gasteiger partial charge in [0.25, 0.3) is 5.91 Å². The smallest absolute Gasteiger partial charge is 0.258 e. The van der Waals surface area contributed by atoms with Gasteiger partial charge in [-0.05, 0) is 81.4 Å². The van der Waals surface area contributed by atoms with E-state index in [1.54, 1.807) is 29.4 Å². The highest BCUT2D eigenvalue weighted by atomic mass is 16.2. The number of fused-ring (bicyclic) bond motifs is 1. The van der Waals surface area contributed by atoms with Crippen molar-refractivity contribution < 1.29 is 9.59 Å². The van der Waals surface area contributed by atoms with Crippen molar-refractivity contribution in [2.75, 3.05) is 44.2 Å². The van der Waals surface area contributed by atoms with Crippen molar-refractivity contribution in [1.29, 1.82) is 0 Å². The van der Waals surface area contributed by atoms with Gasteiger partial charge in [0, 0.05) is 60.4 Å². The molecule has 7 heteroatoms. The Hall–Kier alpha value is -3.19. The molecule has 2 amide bonds. The number of piperidine rings is 2. The number of nitrogens with zero attached hydrogens (tertiary/aromatic N) is 4. The van der Waals surface area contributed by atoms with E-state index in [4.69, 9.17) is 0 Å². The molecule has 3 aromatic rings. The van der Waals surface area contributed by atoms with Gasteiger partial charge in [-0.3, -0.25) is 19.5 Å². The van der Waals surface area contributed by atoms with Crippen molar-refractivity contribution in [2.45, 2.75) is 39.0 Å². The van der Waals surface area contributed by atoms with Gasteiger partial charge in [-0.25, -0.2) is 0 Å². The largest absolute Gasteiger partial charge is 0.361 e. The van der Waals surface area contributed by atoms with Crippen LogP contribution in [0.2, 0.25) is 0 Å². The Morgan fingerprint density at radius 1 is 1.03 bits per heavy atom. The first-order chi connectivity index (χ1) is 17.1. The van der Waals surface area contributed by atoms with E-state index in [9.17, 15) is 9.59 Å². The number of carbonyl (C=O) groups is 2. The number of benzene rings is 1. The third-order valence-corrected chi connectivity index (χ3v) is 7.58. The molecular formula is C28H35N5O2. The summed E-state index contributed by atoms with van der Waals surface area (Å²) in [6.07, 6.45) is 11.3. The fourth-order valence-corrected chi connectivity index (χ4v) is 5.47. The highest BCUT2D eigenvalue weighted by molar-refractivity contribution is 6.10. The minimum atomic E-state index is -0.182. The lowest BCUT2D eigenvalue weighted by molar-refractivity contribution is -0.131. The van der Waals surface area contributed by atoms with Crippen LogP contribution in [0.1, 0.15) is 48.0 Å². The van der Waals surface area contributed by atoms with Gasteiger partial charge < -0.3 is 14.8 Å². The number of anilines is 1. The predicted octanol–water partition coefficient (Wildman–Crippen LogP) is 4.24. The molecule has 5 rings (SSSR count). The number of amides is 2. The highest BCUT2D eigenvalue weighted by Gasteiger charge is 2.28. The molecule has 184 valence electrons. The number of carbonyl (C=O) groups excluding carboxylic acids is 2. The number of aromatic nitrogens is 2. The summed E-state index contributed by atoms with van der Waals surface area (Å²) in [6.45, 7) is 7.20. The number of nitrogens with one attached hydrogen (secondary N) is 1. The number of likely N-dealkylation sites (tertiary alicyclic amines) is 2. The molecule has 0 bridgehead atoms. The number of pyridine rings is 1. The van der Waals surface area contributed by atoms with Crippen LogP contribution in [-0.2, 0) is 4.79 Å². The third kappa shape index (κ3) is 5.40. The van der Waals surface area contributed by atoms with Crippen LogP contribution in [0.4, 0.5) is 5.69 Å². The molecule has 0 spiro atoms. The fraction of sp³-hybridized carbons (Fsp3) is 0.464. The van der Waals surface area contributed by atoms with Crippen molar-refractivity contribution in [2.24, 2.45) is 5.92 Å². The van der Waals surface area contributed by atoms with E-state index in [1.807, 2.05) is 36.2 Å². The lowest BCUT2D eigenvalue weighted by Crippen LogP contribution is -2.47. The van der Waals surface area contributed by atoms with Crippen LogP contribution in [-0.4, -0.2) is 70.9 Å². The average molecular weight is 474 g/mol. The molecule has 2 aliphatic heterocycles. The van der Waals surface area contributed by atoms with Crippen molar-refractivity contribution in [3.63, 3.8) is 0 Å². The first-order valence-electron chi connectivity index (χ1n) is 12.9. The van der Waals surface area contributed by atoms with E-state index < -0.39 is 0 Å². The van der Waals surface area contributed by atoms with Gasteiger partial charge in [-0.2, -0.15) is 0 Å². The van der Waals surface area contributed by atoms with E-state index in [0.717, 1.165) is 48.9 Å². The summed E-state index contributed by atoms with van der Waals surface area (Å²) in [5, 5.41) is 1.10. The fourth-order valence-electron chi connectivity index (χ4n) is 5.47. The Morgan fingerprint density at radius 2 is 1.77 bits per heavy atom. The van der Waals surface area contributed by atoms with Gasteiger partial charge in [0.1, 0.15) is 6.54 Å². The maximum atomic E-state index is 13.6. The van der Waals surface area contributed by atoms with E-state index in [0.29, 0.717) is 17.2 Å². The van der Waals surface area contributed by atoms with Gasteiger partial charge in [-0.15, -0.1) is 0 Å². The zero-order valence-electron chi connectivity index (χ0n) is 20.6. The molecule has 0 aliphatic carbocycles. The first kappa shape index (κ1) is 23.5. The van der Waals surface area contributed by atoms with E-state index >= 15 is 0 Å². The maximum Gasteiger partial charge on any atom is 0.258 e. The lowest BCUT2D eigenvalue weighted by atomic mass is 9.95. The highest BCUT2D eigenvalue weighted by Crippen LogP contribution is 2.24. The standard InChI is InChI=1S/C28H35N5O2/c1-21-18-30-26-17-23(5-6-25(21)26)28(35)33(24-7-11-29-12-8-24)20-27(34)32-15-9-22(10-16-32)19-31-13-3-2-4-14-31/h5-8,11-12,17-18,22,30H,2-4,9-10,13-16,19-20H2,1H3. The van der Waals surface area contributed by atoms with Crippen LogP contribution in [0.3, 0.4) is 0 Å². The molecule has 4 heterocycles. The summed E-state index contributed by atoms with van der Waals surface area (Å²) >= 11 is 0. The van der Waals surface area contributed by atoms with E-state index in [2.05, 4.69) is 14.9 Å². The Balaban J connectivity index is 1.26. The molecule has 2 fully saturated rings. The zero-order valence-corrected chi connectivity index (χ0v) is 20.6. The summed E-state index contributed by atoms with van der Waals surface area (Å²) in [6, 6.07) is 9.25. The number of hydrogen-bond acceptors (Lipinski definition) is 4. The molecule has 35 heavy (non-hydrogen) atoms. The van der Waals surface area contributed by atoms with Crippen LogP contribution in [0.5, 0.6) is 0 Å². The number of H-pyrrole nitrogens is 1. The average Bonchev–Trinajstić information content (AvgIpc) is 3.28. The van der Waals surface area contributed by atoms with Crippen molar-refractivity contribution in [1.82, 2.24) is 19.8 Å². The number of hydrogen-bond donors (Lipinski definition) is 1. The number of rotatable bonds is 6. The number of aromatic amines is 1. The van der Waals surface area contributed by atoms with E-state index in [-0.39, 0.29) is 18.4 Å². The predicted molar refractivity (Wildman–Crippen MR) is 139 cm³/mol. The minimum Gasteiger partial charge on any atom is -0.361 e. The summed E-state index contributed by atoms with van der Waals surface area (Å²) in [4.78, 5) is 40.4. The van der Waals surface area contributed by atoms with Crippen LogP contribution in [0.15, 0.2) is 48.9 Å². The monoisotopic (exact) mass is 473 g/mol. The number of aryl methyl sites for hydroxylation is 1. The molecule has 2 saturated heterocycles. The first-order valence-corrected chi connectivity index (χ1v) is 12.9. The Bertz CT molecular complexity index is 1160. The van der Waals surface area contributed by atoms with Gasteiger partial charge in [0.05, 0.1) is 0 Å². The van der Waals surface area contributed by atoms with Crippen molar-refractivity contribution in [3.8, 4) is 0 Å². The Morgan fingerprint density at radius 3 is 2.51 bits per heavy atom. The maximum absolute atomic E-state index is 13.6. The molecule has 0 saturated carbocycles. The minimum absolute atomic E-state index is 0.00313. The molecule has 0 unspecified atom stereocenters. The SMILES string of the molecule is Cc1c[nH]c2cc(C(=O)N(CC(=O)N3CCC(CN4CCCCC4)CC3)c3ccncc3)ccc12. The Labute approximate surface area is 207 Å². The molecular weight excluding hydrogens is 438 g/mol. The van der Waals surface area contributed by atoms with Gasteiger partial charge in [0.15, 0.2) is 0 Å². The molecule has 2 aromatic heterocycles. The molecule has 1 aromatic carbocycles. The van der Waals surface area contributed by atoms with Crippen molar-refractivity contribution >= 4 is 28.4 Å². The van der Waals surface area contributed by atoms with Gasteiger partial charge in [0.2, 0.25) is 5.91 Å². The Kier molecular flexibility index (Phi) is 7.13. The third-order valence-electron chi connectivity index (χ3n) is 7.58. The molecule has 1 N–H and O–H groups in total. The second-order valence-corrected chi connectivity index (χ2v) is 10.0. The second kappa shape index (κ2) is 10.6. The summed E-state index contributed by atoms with van der Waals surface area (Å²) in [5.74, 6) is 0.480. The quantitative estimate of drug-likeness (QED) is 0.581. The second-order valence-electron chi connectivity index (χ2n) is 10.0. The van der Waals surface area contributed by atoms with Crippen LogP contribution < -0.4 is 4.90 Å². The normalized spacial score (nSPS) is 17.6. The summed E-state index contributed by atoms with van der Waals surface area (Å²) in [5.41, 5.74) is 3.30. The van der Waals surface area contributed by atoms with Crippen LogP contribution >= 0.6 is 0 Å². The molecule has 0 radical (unpaired) electrons. The van der Waals surface area contributed by atoms with Crippen molar-refractivity contribution in [3.05, 3.63) is 60.0 Å². The lowest BCUT2D eigenvalue weighted by Gasteiger charge is -2.36. The summed E-state index contributed by atoms with van der Waals surface area (Å²) < 4.78 is 0. The van der Waals surface area contributed by atoms with Gasteiger partial charge >= 0.3 is 0 Å².